The van der Waals surface area contributed by atoms with Crippen molar-refractivity contribution in [3.63, 3.8) is 0 Å². The van der Waals surface area contributed by atoms with Gasteiger partial charge in [-0.1, -0.05) is 0 Å². The van der Waals surface area contributed by atoms with Gasteiger partial charge in [0.1, 0.15) is 17.9 Å². The van der Waals surface area contributed by atoms with Crippen LogP contribution in [0.4, 0.5) is 0 Å². The summed E-state index contributed by atoms with van der Waals surface area (Å²) in [5.41, 5.74) is 0.0544. The Morgan fingerprint density at radius 3 is 2.45 bits per heavy atom. The number of allylic oxidation sites excluding steroid dienone is 1. The standard InChI is InChI=1S/C8H11NO2/c1-6(2)11-5-8(4-9)7(3)10/h5-6H,1-3H3/b8-5+. The number of hydrogen-bond acceptors (Lipinski definition) is 3. The lowest BCUT2D eigenvalue weighted by molar-refractivity contribution is -0.113. The maximum atomic E-state index is 10.6. The normalized spacial score (nSPS) is 11.0. The van der Waals surface area contributed by atoms with Crippen molar-refractivity contribution < 1.29 is 9.53 Å². The number of hydrogen-bond donors (Lipinski definition) is 0. The first-order chi connectivity index (χ1) is 5.07. The van der Waals surface area contributed by atoms with Crippen LogP contribution in [0.25, 0.3) is 0 Å². The molecule has 0 atom stereocenters. The Morgan fingerprint density at radius 2 is 2.18 bits per heavy atom. The van der Waals surface area contributed by atoms with E-state index in [2.05, 4.69) is 0 Å². The maximum Gasteiger partial charge on any atom is 0.173 e. The van der Waals surface area contributed by atoms with E-state index >= 15 is 0 Å². The summed E-state index contributed by atoms with van der Waals surface area (Å²) < 4.78 is 4.95. The molecule has 0 radical (unpaired) electrons. The van der Waals surface area contributed by atoms with E-state index in [0.29, 0.717) is 0 Å². The zero-order valence-corrected chi connectivity index (χ0v) is 6.92. The van der Waals surface area contributed by atoms with Crippen LogP contribution in [-0.4, -0.2) is 11.9 Å². The number of nitriles is 1. The van der Waals surface area contributed by atoms with E-state index in [1.165, 1.54) is 13.2 Å². The summed E-state index contributed by atoms with van der Waals surface area (Å²) in [5.74, 6) is -0.270. The summed E-state index contributed by atoms with van der Waals surface area (Å²) in [6.45, 7) is 4.98. The Labute approximate surface area is 66.3 Å². The lowest BCUT2D eigenvalue weighted by Crippen LogP contribution is -2.00. The number of carbonyl (C=O) groups is 1. The minimum atomic E-state index is -0.270. The first-order valence-electron chi connectivity index (χ1n) is 3.34. The molecule has 0 spiro atoms. The van der Waals surface area contributed by atoms with E-state index in [-0.39, 0.29) is 17.5 Å². The topological polar surface area (TPSA) is 50.1 Å². The highest BCUT2D eigenvalue weighted by atomic mass is 16.5. The summed E-state index contributed by atoms with van der Waals surface area (Å²) in [6.07, 6.45) is 1.20. The van der Waals surface area contributed by atoms with Crippen molar-refractivity contribution >= 4 is 5.78 Å². The molecule has 0 aromatic heterocycles. The van der Waals surface area contributed by atoms with E-state index in [1.54, 1.807) is 6.07 Å². The van der Waals surface area contributed by atoms with Crippen molar-refractivity contribution in [3.8, 4) is 6.07 Å². The highest BCUT2D eigenvalue weighted by Crippen LogP contribution is 1.97. The predicted octanol–water partition coefficient (Wildman–Crippen LogP) is 1.41. The van der Waals surface area contributed by atoms with Gasteiger partial charge >= 0.3 is 0 Å². The molecular weight excluding hydrogens is 142 g/mol. The van der Waals surface area contributed by atoms with Gasteiger partial charge in [0.15, 0.2) is 5.78 Å². The molecule has 0 amide bonds. The van der Waals surface area contributed by atoms with E-state index < -0.39 is 0 Å². The van der Waals surface area contributed by atoms with Gasteiger partial charge in [0, 0.05) is 0 Å². The summed E-state index contributed by atoms with van der Waals surface area (Å²) in [7, 11) is 0. The Balaban J connectivity index is 4.17. The van der Waals surface area contributed by atoms with Crippen LogP contribution in [0.1, 0.15) is 20.8 Å². The molecule has 60 valence electrons. The van der Waals surface area contributed by atoms with E-state index in [9.17, 15) is 4.79 Å². The number of rotatable bonds is 3. The molecule has 0 rings (SSSR count). The zero-order chi connectivity index (χ0) is 8.85. The molecule has 0 fully saturated rings. The second-order valence-electron chi connectivity index (χ2n) is 2.38. The second kappa shape index (κ2) is 4.51. The van der Waals surface area contributed by atoms with Crippen LogP contribution in [-0.2, 0) is 9.53 Å². The Kier molecular flexibility index (Phi) is 3.97. The Hall–Kier alpha value is -1.30. The van der Waals surface area contributed by atoms with E-state index in [1.807, 2.05) is 13.8 Å². The molecule has 11 heavy (non-hydrogen) atoms. The molecule has 0 unspecified atom stereocenters. The van der Waals surface area contributed by atoms with Crippen LogP contribution < -0.4 is 0 Å². The minimum absolute atomic E-state index is 0.00213. The van der Waals surface area contributed by atoms with Gasteiger partial charge in [-0.2, -0.15) is 5.26 Å². The van der Waals surface area contributed by atoms with Gasteiger partial charge in [-0.25, -0.2) is 0 Å². The maximum absolute atomic E-state index is 10.6. The number of Topliss-reactive ketones (excluding diaryl/α,β-unsaturated/α-hetero) is 1. The molecule has 0 aromatic carbocycles. The molecule has 0 heterocycles. The smallest absolute Gasteiger partial charge is 0.173 e. The van der Waals surface area contributed by atoms with E-state index in [0.717, 1.165) is 0 Å². The molecule has 0 saturated carbocycles. The lowest BCUT2D eigenvalue weighted by atomic mass is 10.2. The average molecular weight is 153 g/mol. The number of ether oxygens (including phenoxy) is 1. The van der Waals surface area contributed by atoms with Gasteiger partial charge in [-0.05, 0) is 20.8 Å². The van der Waals surface area contributed by atoms with Crippen LogP contribution in [0.5, 0.6) is 0 Å². The van der Waals surface area contributed by atoms with Crippen LogP contribution in [0.15, 0.2) is 11.8 Å². The monoisotopic (exact) mass is 153 g/mol. The fourth-order valence-corrected chi connectivity index (χ4v) is 0.392. The summed E-state index contributed by atoms with van der Waals surface area (Å²) in [6, 6.07) is 1.74. The van der Waals surface area contributed by atoms with Gasteiger partial charge in [0.25, 0.3) is 0 Å². The molecule has 0 aliphatic carbocycles. The summed E-state index contributed by atoms with van der Waals surface area (Å²) in [5, 5.41) is 8.39. The fourth-order valence-electron chi connectivity index (χ4n) is 0.392. The third-order valence-corrected chi connectivity index (χ3v) is 0.958. The molecule has 0 aliphatic rings. The third-order valence-electron chi connectivity index (χ3n) is 0.958. The highest BCUT2D eigenvalue weighted by molar-refractivity contribution is 5.96. The van der Waals surface area contributed by atoms with Crippen molar-refractivity contribution in [3.05, 3.63) is 11.8 Å². The Morgan fingerprint density at radius 1 is 1.64 bits per heavy atom. The average Bonchev–Trinajstić information content (AvgIpc) is 1.87. The Bertz CT molecular complexity index is 211. The second-order valence-corrected chi connectivity index (χ2v) is 2.38. The SMILES string of the molecule is CC(=O)/C(C#N)=C/OC(C)C. The molecule has 3 heteroatoms. The summed E-state index contributed by atoms with van der Waals surface area (Å²) in [4.78, 5) is 10.6. The van der Waals surface area contributed by atoms with Gasteiger partial charge in [-0.3, -0.25) is 4.79 Å². The van der Waals surface area contributed by atoms with Crippen LogP contribution in [0.2, 0.25) is 0 Å². The number of carbonyl (C=O) groups excluding carboxylic acids is 1. The summed E-state index contributed by atoms with van der Waals surface area (Å²) >= 11 is 0. The minimum Gasteiger partial charge on any atom is -0.497 e. The number of nitrogens with zero attached hydrogens (tertiary/aromatic N) is 1. The van der Waals surface area contributed by atoms with Crippen molar-refractivity contribution in [2.75, 3.05) is 0 Å². The molecular formula is C8H11NO2. The number of ketones is 1. The lowest BCUT2D eigenvalue weighted by Gasteiger charge is -2.02. The van der Waals surface area contributed by atoms with Gasteiger partial charge in [0.05, 0.1) is 6.10 Å². The largest absolute Gasteiger partial charge is 0.497 e. The molecule has 0 bridgehead atoms. The highest BCUT2D eigenvalue weighted by Gasteiger charge is 2.01. The first-order valence-corrected chi connectivity index (χ1v) is 3.34. The quantitative estimate of drug-likeness (QED) is 0.350. The molecule has 0 aliphatic heterocycles. The molecule has 3 nitrogen and oxygen atoms in total. The van der Waals surface area contributed by atoms with Crippen LogP contribution in [0.3, 0.4) is 0 Å². The molecule has 0 saturated heterocycles. The molecule has 0 aromatic rings. The van der Waals surface area contributed by atoms with Crippen molar-refractivity contribution in [2.45, 2.75) is 26.9 Å². The van der Waals surface area contributed by atoms with Crippen molar-refractivity contribution in [1.29, 1.82) is 5.26 Å². The van der Waals surface area contributed by atoms with Crippen molar-refractivity contribution in [2.24, 2.45) is 0 Å². The van der Waals surface area contributed by atoms with Crippen molar-refractivity contribution in [1.82, 2.24) is 0 Å². The van der Waals surface area contributed by atoms with Crippen LogP contribution in [0, 0.1) is 11.3 Å². The predicted molar refractivity (Wildman–Crippen MR) is 40.6 cm³/mol. The van der Waals surface area contributed by atoms with Crippen LogP contribution >= 0.6 is 0 Å². The van der Waals surface area contributed by atoms with Gasteiger partial charge in [0.2, 0.25) is 0 Å². The first kappa shape index (κ1) is 9.70. The zero-order valence-electron chi connectivity index (χ0n) is 6.92. The third kappa shape index (κ3) is 4.15. The van der Waals surface area contributed by atoms with Gasteiger partial charge < -0.3 is 4.74 Å². The van der Waals surface area contributed by atoms with E-state index in [4.69, 9.17) is 10.00 Å². The van der Waals surface area contributed by atoms with Gasteiger partial charge in [-0.15, -0.1) is 0 Å². The molecule has 0 N–H and O–H groups in total. The fraction of sp³-hybridized carbons (Fsp3) is 0.500.